The second-order valence-electron chi connectivity index (χ2n) is 4.20. The smallest absolute Gasteiger partial charge is 0.297 e. The summed E-state index contributed by atoms with van der Waals surface area (Å²) in [5, 5.41) is 0. The lowest BCUT2D eigenvalue weighted by Gasteiger charge is -2.01. The van der Waals surface area contributed by atoms with Crippen molar-refractivity contribution in [3.63, 3.8) is 0 Å². The molecule has 1 rings (SSSR count). The molecule has 0 amide bonds. The van der Waals surface area contributed by atoms with Gasteiger partial charge in [0.05, 0.1) is 5.75 Å². The SMILES string of the molecule is CCCCS(=O)(=O)OF.CCCCn1ccnc1C. The summed E-state index contributed by atoms with van der Waals surface area (Å²) in [5.74, 6) is 0.883. The zero-order valence-electron chi connectivity index (χ0n) is 11.8. The summed E-state index contributed by atoms with van der Waals surface area (Å²) < 4.78 is 36.2. The van der Waals surface area contributed by atoms with Crippen LogP contribution in [0.25, 0.3) is 0 Å². The van der Waals surface area contributed by atoms with E-state index >= 15 is 0 Å². The highest BCUT2D eigenvalue weighted by molar-refractivity contribution is 7.86. The monoisotopic (exact) mass is 294 g/mol. The zero-order chi connectivity index (χ0) is 14.7. The minimum Gasteiger partial charge on any atom is -0.335 e. The Morgan fingerprint density at radius 1 is 1.32 bits per heavy atom. The Bertz CT molecular complexity index is 432. The summed E-state index contributed by atoms with van der Waals surface area (Å²) in [5.41, 5.74) is 0. The molecule has 0 spiro atoms. The van der Waals surface area contributed by atoms with Crippen molar-refractivity contribution >= 4 is 10.1 Å². The minimum absolute atomic E-state index is 0.236. The molecule has 1 aromatic heterocycles. The predicted octanol–water partition coefficient (Wildman–Crippen LogP) is 3.01. The minimum atomic E-state index is -3.85. The van der Waals surface area contributed by atoms with Crippen molar-refractivity contribution in [3.8, 4) is 0 Å². The lowest BCUT2D eigenvalue weighted by atomic mass is 10.3. The molecule has 1 heterocycles. The average molecular weight is 294 g/mol. The maximum absolute atomic E-state index is 11.0. The number of imidazole rings is 1. The molecule has 19 heavy (non-hydrogen) atoms. The number of rotatable bonds is 7. The lowest BCUT2D eigenvalue weighted by molar-refractivity contribution is 0.00290. The van der Waals surface area contributed by atoms with Gasteiger partial charge in [0.1, 0.15) is 5.82 Å². The second-order valence-corrected chi connectivity index (χ2v) is 5.85. The van der Waals surface area contributed by atoms with Gasteiger partial charge >= 0.3 is 0 Å². The Hall–Kier alpha value is -0.950. The average Bonchev–Trinajstić information content (AvgIpc) is 2.80. The predicted molar refractivity (Wildman–Crippen MR) is 72.8 cm³/mol. The van der Waals surface area contributed by atoms with Gasteiger partial charge in [0.2, 0.25) is 0 Å². The normalized spacial score (nSPS) is 10.9. The van der Waals surface area contributed by atoms with Crippen molar-refractivity contribution in [2.24, 2.45) is 0 Å². The Morgan fingerprint density at radius 3 is 2.37 bits per heavy atom. The van der Waals surface area contributed by atoms with Crippen LogP contribution >= 0.6 is 0 Å². The fourth-order valence-corrected chi connectivity index (χ4v) is 2.03. The number of hydrogen-bond donors (Lipinski definition) is 0. The van der Waals surface area contributed by atoms with Gasteiger partial charge in [-0.05, 0) is 24.3 Å². The van der Waals surface area contributed by atoms with E-state index in [2.05, 4.69) is 20.9 Å². The number of nitrogens with zero attached hydrogens (tertiary/aromatic N) is 2. The van der Waals surface area contributed by atoms with Crippen LogP contribution in [0.1, 0.15) is 45.4 Å². The van der Waals surface area contributed by atoms with Crippen LogP contribution in [0.5, 0.6) is 0 Å². The summed E-state index contributed by atoms with van der Waals surface area (Å²) in [6, 6.07) is 0. The summed E-state index contributed by atoms with van der Waals surface area (Å²) in [6.07, 6.45) is 7.53. The number of unbranched alkanes of at least 4 members (excludes halogenated alkanes) is 2. The van der Waals surface area contributed by atoms with Gasteiger partial charge < -0.3 is 4.57 Å². The standard InChI is InChI=1S/C8H14N2.C4H9FO3S/c1-3-4-6-10-7-5-9-8(10)2;1-2-3-4-9(6,7)8-5/h5,7H,3-4,6H2,1-2H3;2-4H2,1H3. The molecule has 0 aliphatic carbocycles. The van der Waals surface area contributed by atoms with Crippen LogP contribution in [0, 0.1) is 6.92 Å². The molecular formula is C12H23FN2O3S. The third-order valence-electron chi connectivity index (χ3n) is 2.52. The molecule has 0 aromatic carbocycles. The van der Waals surface area contributed by atoms with Gasteiger partial charge in [0, 0.05) is 18.9 Å². The molecular weight excluding hydrogens is 271 g/mol. The fraction of sp³-hybridized carbons (Fsp3) is 0.750. The van der Waals surface area contributed by atoms with E-state index in [1.165, 1.54) is 12.8 Å². The van der Waals surface area contributed by atoms with Gasteiger partial charge in [-0.25, -0.2) is 4.98 Å². The van der Waals surface area contributed by atoms with E-state index in [-0.39, 0.29) is 5.75 Å². The van der Waals surface area contributed by atoms with Crippen molar-refractivity contribution in [2.75, 3.05) is 5.75 Å². The Morgan fingerprint density at radius 2 is 1.95 bits per heavy atom. The Kier molecular flexibility index (Phi) is 9.42. The fourth-order valence-electron chi connectivity index (χ4n) is 1.32. The highest BCUT2D eigenvalue weighted by Crippen LogP contribution is 1.99. The number of aryl methyl sites for hydroxylation is 2. The summed E-state index contributed by atoms with van der Waals surface area (Å²) in [4.78, 5) is 4.13. The van der Waals surface area contributed by atoms with Crippen LogP contribution < -0.4 is 0 Å². The van der Waals surface area contributed by atoms with Gasteiger partial charge in [-0.1, -0.05) is 31.1 Å². The largest absolute Gasteiger partial charge is 0.335 e. The van der Waals surface area contributed by atoms with E-state index in [4.69, 9.17) is 0 Å². The van der Waals surface area contributed by atoms with Crippen LogP contribution in [0.15, 0.2) is 12.4 Å². The first-order chi connectivity index (χ1) is 8.96. The molecule has 0 fully saturated rings. The van der Waals surface area contributed by atoms with Crippen molar-refractivity contribution in [1.82, 2.24) is 9.55 Å². The molecule has 0 atom stereocenters. The van der Waals surface area contributed by atoms with Crippen molar-refractivity contribution in [1.29, 1.82) is 0 Å². The first-order valence-corrected chi connectivity index (χ1v) is 8.05. The second kappa shape index (κ2) is 9.91. The molecule has 0 aliphatic rings. The van der Waals surface area contributed by atoms with Crippen molar-refractivity contribution in [3.05, 3.63) is 18.2 Å². The van der Waals surface area contributed by atoms with Crippen molar-refractivity contribution in [2.45, 2.75) is 53.0 Å². The maximum atomic E-state index is 11.0. The van der Waals surface area contributed by atoms with Gasteiger partial charge in [-0.3, -0.25) is 0 Å². The highest BCUT2D eigenvalue weighted by atomic mass is 32.2. The first kappa shape index (κ1) is 18.0. The third-order valence-corrected chi connectivity index (χ3v) is 3.50. The molecule has 0 bridgehead atoms. The first-order valence-electron chi connectivity index (χ1n) is 6.47. The summed E-state index contributed by atoms with van der Waals surface area (Å²) in [6.45, 7) is 7.16. The molecule has 0 N–H and O–H groups in total. The maximum Gasteiger partial charge on any atom is 0.297 e. The molecule has 0 aliphatic heterocycles. The summed E-state index contributed by atoms with van der Waals surface area (Å²) >= 11 is 0. The van der Waals surface area contributed by atoms with E-state index in [0.29, 0.717) is 12.8 Å². The molecule has 0 radical (unpaired) electrons. The number of aromatic nitrogens is 2. The van der Waals surface area contributed by atoms with Gasteiger partial charge in [-0.2, -0.15) is 8.42 Å². The van der Waals surface area contributed by atoms with Crippen molar-refractivity contribution < 1.29 is 17.3 Å². The van der Waals surface area contributed by atoms with E-state index < -0.39 is 10.1 Å². The molecule has 7 heteroatoms. The quantitative estimate of drug-likeness (QED) is 0.775. The van der Waals surface area contributed by atoms with Gasteiger partial charge in [0.25, 0.3) is 10.1 Å². The van der Waals surface area contributed by atoms with E-state index in [0.717, 1.165) is 12.4 Å². The Balaban J connectivity index is 0.000000344. The third kappa shape index (κ3) is 8.72. The number of hydrogen-bond acceptors (Lipinski definition) is 4. The summed E-state index contributed by atoms with van der Waals surface area (Å²) in [7, 11) is -3.85. The topological polar surface area (TPSA) is 61.2 Å². The van der Waals surface area contributed by atoms with Crippen LogP contribution in [0.3, 0.4) is 0 Å². The molecule has 0 saturated heterocycles. The molecule has 0 saturated carbocycles. The van der Waals surface area contributed by atoms with Gasteiger partial charge in [-0.15, -0.1) is 0 Å². The zero-order valence-corrected chi connectivity index (χ0v) is 12.6. The molecule has 0 unspecified atom stereocenters. The molecule has 5 nitrogen and oxygen atoms in total. The van der Waals surface area contributed by atoms with E-state index in [1.54, 1.807) is 0 Å². The van der Waals surface area contributed by atoms with E-state index in [1.807, 2.05) is 26.2 Å². The van der Waals surface area contributed by atoms with E-state index in [9.17, 15) is 12.9 Å². The van der Waals surface area contributed by atoms with Crippen LogP contribution in [0.4, 0.5) is 4.53 Å². The molecule has 112 valence electrons. The lowest BCUT2D eigenvalue weighted by Crippen LogP contribution is -2.04. The van der Waals surface area contributed by atoms with Gasteiger partial charge in [0.15, 0.2) is 0 Å². The van der Waals surface area contributed by atoms with Crippen LogP contribution in [-0.2, 0) is 21.1 Å². The van der Waals surface area contributed by atoms with Crippen LogP contribution in [0.2, 0.25) is 0 Å². The number of halogens is 1. The van der Waals surface area contributed by atoms with Crippen LogP contribution in [-0.4, -0.2) is 23.7 Å². The Labute approximate surface area is 114 Å². The highest BCUT2D eigenvalue weighted by Gasteiger charge is 2.08. The molecule has 1 aromatic rings.